The van der Waals surface area contributed by atoms with E-state index in [1.807, 2.05) is 31.2 Å². The monoisotopic (exact) mass is 646 g/mol. The number of nitrogens with zero attached hydrogens (tertiary/aromatic N) is 2. The number of amides is 4. The minimum atomic E-state index is -0.747. The first kappa shape index (κ1) is 28.9. The van der Waals surface area contributed by atoms with Crippen LogP contribution in [0.3, 0.4) is 0 Å². The summed E-state index contributed by atoms with van der Waals surface area (Å²) in [5.41, 5.74) is 2.08. The van der Waals surface area contributed by atoms with Crippen molar-refractivity contribution >= 4 is 62.0 Å². The van der Waals surface area contributed by atoms with E-state index in [2.05, 4.69) is 34.1 Å². The van der Waals surface area contributed by atoms with Crippen molar-refractivity contribution in [3.05, 3.63) is 136 Å². The summed E-state index contributed by atoms with van der Waals surface area (Å²) < 4.78 is 12.8. The molecule has 0 aliphatic carbocycles. The molecule has 5 aromatic carbocycles. The maximum absolute atomic E-state index is 13.8. The molecule has 1 aliphatic rings. The van der Waals surface area contributed by atoms with Gasteiger partial charge in [0.25, 0.3) is 11.8 Å². The van der Waals surface area contributed by atoms with Crippen LogP contribution in [-0.4, -0.2) is 24.5 Å². The van der Waals surface area contributed by atoms with Gasteiger partial charge in [-0.05, 0) is 87.2 Å². The van der Waals surface area contributed by atoms with Gasteiger partial charge in [-0.2, -0.15) is 0 Å². The van der Waals surface area contributed by atoms with Crippen LogP contribution >= 0.6 is 15.9 Å². The maximum Gasteiger partial charge on any atom is 0.343 e. The molecule has 6 rings (SSSR count). The summed E-state index contributed by atoms with van der Waals surface area (Å²) in [7, 11) is 0. The number of hydrogen-bond donors (Lipinski definition) is 0. The Kier molecular flexibility index (Phi) is 8.25. The molecule has 0 spiro atoms. The molecule has 4 amide bonds. The van der Waals surface area contributed by atoms with Crippen LogP contribution in [0.15, 0.2) is 125 Å². The van der Waals surface area contributed by atoms with Gasteiger partial charge in [-0.25, -0.2) is 14.6 Å². The molecule has 5 aromatic rings. The first-order valence-electron chi connectivity index (χ1n) is 14.1. The molecule has 7 nitrogen and oxygen atoms in total. The molecule has 218 valence electrons. The Hall–Kier alpha value is -5.21. The maximum atomic E-state index is 13.8. The summed E-state index contributed by atoms with van der Waals surface area (Å²) in [4.78, 5) is 43.2. The van der Waals surface area contributed by atoms with Crippen molar-refractivity contribution in [1.82, 2.24) is 0 Å². The van der Waals surface area contributed by atoms with Crippen LogP contribution in [0.1, 0.15) is 18.1 Å². The molecule has 8 heteroatoms. The number of imide groups is 2. The van der Waals surface area contributed by atoms with Gasteiger partial charge in [0, 0.05) is 0 Å². The number of para-hydroxylation sites is 2. The van der Waals surface area contributed by atoms with E-state index in [-0.39, 0.29) is 5.57 Å². The fourth-order valence-corrected chi connectivity index (χ4v) is 5.72. The number of halogens is 1. The van der Waals surface area contributed by atoms with Gasteiger partial charge in [0.1, 0.15) is 12.2 Å². The second-order valence-electron chi connectivity index (χ2n) is 9.98. The average molecular weight is 648 g/mol. The lowest BCUT2D eigenvalue weighted by molar-refractivity contribution is -0.121. The largest absolute Gasteiger partial charge is 0.490 e. The first-order valence-corrected chi connectivity index (χ1v) is 14.9. The van der Waals surface area contributed by atoms with E-state index in [0.717, 1.165) is 26.1 Å². The SMILES string of the molecule is CCOc1cc(C=C2C(=O)N(c3ccccc3)C(=O)N(c3ccccc3)C2=O)cc(Br)c1OCc1cccc2ccccc12. The van der Waals surface area contributed by atoms with Crippen molar-refractivity contribution in [2.24, 2.45) is 0 Å². The van der Waals surface area contributed by atoms with Gasteiger partial charge < -0.3 is 9.47 Å². The lowest BCUT2D eigenvalue weighted by Gasteiger charge is -2.34. The van der Waals surface area contributed by atoms with Crippen LogP contribution in [0.5, 0.6) is 11.5 Å². The molecule has 0 radical (unpaired) electrons. The van der Waals surface area contributed by atoms with E-state index in [4.69, 9.17) is 9.47 Å². The lowest BCUT2D eigenvalue weighted by atomic mass is 10.0. The van der Waals surface area contributed by atoms with E-state index in [1.165, 1.54) is 6.08 Å². The highest BCUT2D eigenvalue weighted by Crippen LogP contribution is 2.39. The molecule has 1 saturated heterocycles. The summed E-state index contributed by atoms with van der Waals surface area (Å²) in [6.07, 6.45) is 1.48. The van der Waals surface area contributed by atoms with Crippen LogP contribution in [0.2, 0.25) is 0 Å². The van der Waals surface area contributed by atoms with Crippen molar-refractivity contribution in [2.75, 3.05) is 16.4 Å². The lowest BCUT2D eigenvalue weighted by Crippen LogP contribution is -2.57. The Bertz CT molecular complexity index is 1840. The number of ether oxygens (including phenoxy) is 2. The number of rotatable bonds is 8. The van der Waals surface area contributed by atoms with Gasteiger partial charge in [0.2, 0.25) is 0 Å². The van der Waals surface area contributed by atoms with Gasteiger partial charge in [-0.3, -0.25) is 9.59 Å². The zero-order valence-electron chi connectivity index (χ0n) is 23.8. The zero-order chi connectivity index (χ0) is 30.6. The van der Waals surface area contributed by atoms with Crippen molar-refractivity contribution in [2.45, 2.75) is 13.5 Å². The standard InChI is InChI=1S/C36H27BrN2O5/c1-2-43-32-22-24(21-31(37)33(32)44-23-26-14-11-13-25-12-9-10-19-29(25)26)20-30-34(40)38(27-15-5-3-6-16-27)36(42)39(35(30)41)28-17-7-4-8-18-28/h3-22H,2,23H2,1H3. The molecule has 0 N–H and O–H groups in total. The summed E-state index contributed by atoms with van der Waals surface area (Å²) in [6.45, 7) is 2.54. The van der Waals surface area contributed by atoms with Crippen LogP contribution in [0.25, 0.3) is 16.8 Å². The van der Waals surface area contributed by atoms with Crippen molar-refractivity contribution in [3.8, 4) is 11.5 Å². The second-order valence-corrected chi connectivity index (χ2v) is 10.8. The summed E-state index contributed by atoms with van der Waals surface area (Å²) in [5.74, 6) is -0.497. The highest BCUT2D eigenvalue weighted by molar-refractivity contribution is 9.10. The van der Waals surface area contributed by atoms with Crippen molar-refractivity contribution < 1.29 is 23.9 Å². The van der Waals surface area contributed by atoms with Crippen LogP contribution in [-0.2, 0) is 16.2 Å². The molecular formula is C36H27BrN2O5. The van der Waals surface area contributed by atoms with Gasteiger partial charge in [-0.1, -0.05) is 78.9 Å². The Labute approximate surface area is 263 Å². The quantitative estimate of drug-likeness (QED) is 0.126. The van der Waals surface area contributed by atoms with Crippen molar-refractivity contribution in [3.63, 3.8) is 0 Å². The highest BCUT2D eigenvalue weighted by Gasteiger charge is 2.43. The molecule has 1 heterocycles. The molecule has 0 atom stereocenters. The Balaban J connectivity index is 1.38. The smallest absolute Gasteiger partial charge is 0.343 e. The second kappa shape index (κ2) is 12.6. The van der Waals surface area contributed by atoms with Crippen LogP contribution in [0, 0.1) is 0 Å². The minimum Gasteiger partial charge on any atom is -0.490 e. The number of anilines is 2. The van der Waals surface area contributed by atoms with E-state index in [0.29, 0.717) is 46.1 Å². The van der Waals surface area contributed by atoms with E-state index in [9.17, 15) is 14.4 Å². The average Bonchev–Trinajstić information content (AvgIpc) is 3.04. The molecule has 0 bridgehead atoms. The zero-order valence-corrected chi connectivity index (χ0v) is 25.4. The van der Waals surface area contributed by atoms with Gasteiger partial charge in [-0.15, -0.1) is 0 Å². The molecule has 0 saturated carbocycles. The van der Waals surface area contributed by atoms with E-state index < -0.39 is 17.8 Å². The Morgan fingerprint density at radius 2 is 1.30 bits per heavy atom. The molecule has 44 heavy (non-hydrogen) atoms. The molecule has 0 aromatic heterocycles. The predicted octanol–water partition coefficient (Wildman–Crippen LogP) is 8.16. The number of barbiturate groups is 1. The fourth-order valence-electron chi connectivity index (χ4n) is 5.15. The minimum absolute atomic E-state index is 0.170. The number of hydrogen-bond acceptors (Lipinski definition) is 5. The third-order valence-electron chi connectivity index (χ3n) is 7.17. The third kappa shape index (κ3) is 5.59. The van der Waals surface area contributed by atoms with E-state index >= 15 is 0 Å². The summed E-state index contributed by atoms with van der Waals surface area (Å²) in [5, 5.41) is 2.22. The predicted molar refractivity (Wildman–Crippen MR) is 175 cm³/mol. The summed E-state index contributed by atoms with van der Waals surface area (Å²) in [6, 6.07) is 34.0. The molecule has 1 fully saturated rings. The number of carbonyl (C=O) groups is 3. The van der Waals surface area contributed by atoms with E-state index in [1.54, 1.807) is 72.8 Å². The first-order chi connectivity index (χ1) is 21.5. The van der Waals surface area contributed by atoms with Gasteiger partial charge in [0.15, 0.2) is 11.5 Å². The summed E-state index contributed by atoms with van der Waals surface area (Å²) >= 11 is 3.61. The number of benzene rings is 5. The number of carbonyl (C=O) groups excluding carboxylic acids is 3. The number of urea groups is 1. The van der Waals surface area contributed by atoms with Crippen LogP contribution < -0.4 is 19.3 Å². The van der Waals surface area contributed by atoms with Crippen molar-refractivity contribution in [1.29, 1.82) is 0 Å². The topological polar surface area (TPSA) is 76.2 Å². The molecule has 0 unspecified atom stereocenters. The Morgan fingerprint density at radius 3 is 1.93 bits per heavy atom. The Morgan fingerprint density at radius 1 is 0.705 bits per heavy atom. The molecular weight excluding hydrogens is 620 g/mol. The van der Waals surface area contributed by atoms with Gasteiger partial charge >= 0.3 is 6.03 Å². The van der Waals surface area contributed by atoms with Gasteiger partial charge in [0.05, 0.1) is 22.5 Å². The third-order valence-corrected chi connectivity index (χ3v) is 7.76. The van der Waals surface area contributed by atoms with Crippen LogP contribution in [0.4, 0.5) is 16.2 Å². The number of fused-ring (bicyclic) bond motifs is 1. The fraction of sp³-hybridized carbons (Fsp3) is 0.0833. The highest BCUT2D eigenvalue weighted by atomic mass is 79.9. The molecule has 1 aliphatic heterocycles. The normalized spacial score (nSPS) is 13.4.